The van der Waals surface area contributed by atoms with Gasteiger partial charge in [-0.25, -0.2) is 4.98 Å². The zero-order valence-electron chi connectivity index (χ0n) is 11.8. The van der Waals surface area contributed by atoms with Crippen molar-refractivity contribution in [2.75, 3.05) is 6.54 Å². The number of imidazole rings is 1. The van der Waals surface area contributed by atoms with E-state index in [1.165, 1.54) is 55.2 Å². The Morgan fingerprint density at radius 1 is 1.05 bits per heavy atom. The summed E-state index contributed by atoms with van der Waals surface area (Å²) in [4.78, 5) is 8.07. The van der Waals surface area contributed by atoms with Crippen LogP contribution in [0.5, 0.6) is 0 Å². The molecule has 4 rings (SSSR count). The van der Waals surface area contributed by atoms with E-state index in [-0.39, 0.29) is 0 Å². The van der Waals surface area contributed by atoms with Gasteiger partial charge in [0, 0.05) is 0 Å². The minimum Gasteiger partial charge on any atom is -0.341 e. The number of rotatable bonds is 2. The molecule has 0 amide bonds. The van der Waals surface area contributed by atoms with Crippen LogP contribution in [0.3, 0.4) is 0 Å². The molecule has 1 saturated heterocycles. The van der Waals surface area contributed by atoms with Gasteiger partial charge in [0.05, 0.1) is 17.9 Å². The Kier molecular flexibility index (Phi) is 3.07. The number of H-pyrrole nitrogens is 1. The number of hydrogen-bond donors (Lipinski definition) is 2. The van der Waals surface area contributed by atoms with E-state index in [2.05, 4.69) is 33.5 Å². The molecule has 2 heterocycles. The minimum absolute atomic E-state index is 0.418. The summed E-state index contributed by atoms with van der Waals surface area (Å²) < 4.78 is 0. The number of aromatic nitrogens is 2. The summed E-state index contributed by atoms with van der Waals surface area (Å²) in [6.45, 7) is 1.11. The number of hydrogen-bond acceptors (Lipinski definition) is 2. The zero-order chi connectivity index (χ0) is 13.4. The second kappa shape index (κ2) is 5.06. The average molecular weight is 267 g/mol. The molecule has 2 aromatic rings. The van der Waals surface area contributed by atoms with Gasteiger partial charge in [0.1, 0.15) is 5.82 Å². The van der Waals surface area contributed by atoms with Crippen LogP contribution in [0.4, 0.5) is 0 Å². The first-order valence-electron chi connectivity index (χ1n) is 7.80. The van der Waals surface area contributed by atoms with Gasteiger partial charge in [-0.1, -0.05) is 12.1 Å². The standard InChI is InChI=1S/C17H21N3/c1-2-5-13-10-14(8-7-12(13)4-1)16-11-19-17(20-16)15-6-3-9-18-15/h7-8,10-11,15,18H,1-6,9H2,(H,19,20). The minimum atomic E-state index is 0.418. The predicted octanol–water partition coefficient (Wildman–Crippen LogP) is 3.38. The lowest BCUT2D eigenvalue weighted by atomic mass is 9.90. The van der Waals surface area contributed by atoms with Gasteiger partial charge in [-0.05, 0) is 67.8 Å². The maximum absolute atomic E-state index is 4.57. The van der Waals surface area contributed by atoms with Gasteiger partial charge >= 0.3 is 0 Å². The highest BCUT2D eigenvalue weighted by Gasteiger charge is 2.19. The molecule has 1 atom stereocenters. The molecule has 3 nitrogen and oxygen atoms in total. The fourth-order valence-electron chi connectivity index (χ4n) is 3.48. The third kappa shape index (κ3) is 2.16. The summed E-state index contributed by atoms with van der Waals surface area (Å²) >= 11 is 0. The van der Waals surface area contributed by atoms with Crippen LogP contribution in [-0.4, -0.2) is 16.5 Å². The molecule has 1 aliphatic heterocycles. The first kappa shape index (κ1) is 12.2. The van der Waals surface area contributed by atoms with E-state index < -0.39 is 0 Å². The van der Waals surface area contributed by atoms with Gasteiger partial charge in [0.25, 0.3) is 0 Å². The Balaban J connectivity index is 1.63. The van der Waals surface area contributed by atoms with Crippen molar-refractivity contribution in [1.82, 2.24) is 15.3 Å². The van der Waals surface area contributed by atoms with E-state index in [1.54, 1.807) is 0 Å². The van der Waals surface area contributed by atoms with Gasteiger partial charge in [-0.3, -0.25) is 0 Å². The van der Waals surface area contributed by atoms with Crippen LogP contribution >= 0.6 is 0 Å². The van der Waals surface area contributed by atoms with Crippen molar-refractivity contribution in [2.45, 2.75) is 44.6 Å². The van der Waals surface area contributed by atoms with Crippen molar-refractivity contribution in [3.63, 3.8) is 0 Å². The Morgan fingerprint density at radius 3 is 2.80 bits per heavy atom. The highest BCUT2D eigenvalue weighted by atomic mass is 15.0. The van der Waals surface area contributed by atoms with Crippen LogP contribution in [0, 0.1) is 0 Å². The first-order valence-corrected chi connectivity index (χ1v) is 7.80. The molecule has 1 aliphatic carbocycles. The SMILES string of the molecule is c1cc2c(cc1-c1cnc(C3CCCN3)[nH]1)CCCC2. The number of nitrogens with one attached hydrogen (secondary N) is 2. The number of benzene rings is 1. The van der Waals surface area contributed by atoms with Crippen LogP contribution < -0.4 is 5.32 Å². The highest BCUT2D eigenvalue weighted by Crippen LogP contribution is 2.28. The van der Waals surface area contributed by atoms with Crippen molar-refractivity contribution in [3.05, 3.63) is 41.3 Å². The lowest BCUT2D eigenvalue weighted by Gasteiger charge is -2.16. The lowest BCUT2D eigenvalue weighted by Crippen LogP contribution is -2.14. The number of aryl methyl sites for hydroxylation is 2. The van der Waals surface area contributed by atoms with Crippen molar-refractivity contribution in [3.8, 4) is 11.3 Å². The van der Waals surface area contributed by atoms with Crippen LogP contribution in [0.15, 0.2) is 24.4 Å². The Hall–Kier alpha value is -1.61. The smallest absolute Gasteiger partial charge is 0.123 e. The third-order valence-corrected chi connectivity index (χ3v) is 4.65. The number of nitrogens with zero attached hydrogens (tertiary/aromatic N) is 1. The van der Waals surface area contributed by atoms with Gasteiger partial charge in [-0.15, -0.1) is 0 Å². The Labute approximate surface area is 119 Å². The molecule has 0 bridgehead atoms. The van der Waals surface area contributed by atoms with Crippen molar-refractivity contribution >= 4 is 0 Å². The van der Waals surface area contributed by atoms with Crippen LogP contribution in [0.25, 0.3) is 11.3 Å². The molecule has 1 fully saturated rings. The monoisotopic (exact) mass is 267 g/mol. The largest absolute Gasteiger partial charge is 0.341 e. The lowest BCUT2D eigenvalue weighted by molar-refractivity contribution is 0.613. The van der Waals surface area contributed by atoms with E-state index >= 15 is 0 Å². The van der Waals surface area contributed by atoms with Crippen molar-refractivity contribution in [1.29, 1.82) is 0 Å². The van der Waals surface area contributed by atoms with Gasteiger partial charge in [0.2, 0.25) is 0 Å². The van der Waals surface area contributed by atoms with E-state index in [1.807, 2.05) is 6.20 Å². The maximum atomic E-state index is 4.57. The van der Waals surface area contributed by atoms with Gasteiger partial charge < -0.3 is 10.3 Å². The molecule has 3 heteroatoms. The summed E-state index contributed by atoms with van der Waals surface area (Å²) in [7, 11) is 0. The van der Waals surface area contributed by atoms with E-state index in [9.17, 15) is 0 Å². The van der Waals surface area contributed by atoms with Crippen LogP contribution in [-0.2, 0) is 12.8 Å². The first-order chi connectivity index (χ1) is 9.90. The summed E-state index contributed by atoms with van der Waals surface area (Å²) in [5.41, 5.74) is 5.51. The van der Waals surface area contributed by atoms with Crippen LogP contribution in [0.2, 0.25) is 0 Å². The fourth-order valence-corrected chi connectivity index (χ4v) is 3.48. The summed E-state index contributed by atoms with van der Waals surface area (Å²) in [5.74, 6) is 1.09. The second-order valence-electron chi connectivity index (χ2n) is 6.02. The summed E-state index contributed by atoms with van der Waals surface area (Å²) in [6, 6.07) is 7.32. The van der Waals surface area contributed by atoms with E-state index in [0.717, 1.165) is 18.1 Å². The van der Waals surface area contributed by atoms with Gasteiger partial charge in [-0.2, -0.15) is 0 Å². The van der Waals surface area contributed by atoms with E-state index in [4.69, 9.17) is 0 Å². The fraction of sp³-hybridized carbons (Fsp3) is 0.471. The molecule has 1 aromatic heterocycles. The Morgan fingerprint density at radius 2 is 1.95 bits per heavy atom. The molecule has 2 aliphatic rings. The molecule has 0 saturated carbocycles. The molecule has 1 aromatic carbocycles. The van der Waals surface area contributed by atoms with Gasteiger partial charge in [0.15, 0.2) is 0 Å². The zero-order valence-corrected chi connectivity index (χ0v) is 11.8. The van der Waals surface area contributed by atoms with Crippen molar-refractivity contribution < 1.29 is 0 Å². The second-order valence-corrected chi connectivity index (χ2v) is 6.02. The molecule has 0 spiro atoms. The Bertz CT molecular complexity index is 608. The van der Waals surface area contributed by atoms with Crippen molar-refractivity contribution in [2.24, 2.45) is 0 Å². The maximum Gasteiger partial charge on any atom is 0.123 e. The normalized spacial score (nSPS) is 21.9. The molecular formula is C17H21N3. The topological polar surface area (TPSA) is 40.7 Å². The third-order valence-electron chi connectivity index (χ3n) is 4.65. The number of fused-ring (bicyclic) bond motifs is 1. The number of aromatic amines is 1. The quantitative estimate of drug-likeness (QED) is 0.875. The molecule has 0 radical (unpaired) electrons. The summed E-state index contributed by atoms with van der Waals surface area (Å²) in [6.07, 6.45) is 9.57. The van der Waals surface area contributed by atoms with E-state index in [0.29, 0.717) is 6.04 Å². The predicted molar refractivity (Wildman–Crippen MR) is 80.6 cm³/mol. The molecular weight excluding hydrogens is 246 g/mol. The highest BCUT2D eigenvalue weighted by molar-refractivity contribution is 5.61. The molecule has 104 valence electrons. The van der Waals surface area contributed by atoms with Crippen LogP contribution in [0.1, 0.15) is 48.7 Å². The molecule has 2 N–H and O–H groups in total. The average Bonchev–Trinajstić information content (AvgIpc) is 3.17. The molecule has 1 unspecified atom stereocenters. The molecule has 20 heavy (non-hydrogen) atoms. The summed E-state index contributed by atoms with van der Waals surface area (Å²) in [5, 5.41) is 3.49.